The lowest BCUT2D eigenvalue weighted by atomic mass is 10.0. The Morgan fingerprint density at radius 2 is 2.00 bits per heavy atom. The van der Waals surface area contributed by atoms with Crippen molar-refractivity contribution in [3.05, 3.63) is 59.4 Å². The summed E-state index contributed by atoms with van der Waals surface area (Å²) in [6.45, 7) is 4.96. The fraction of sp³-hybridized carbons (Fsp3) is 0.375. The lowest BCUT2D eigenvalue weighted by Gasteiger charge is -2.18. The zero-order valence-electron chi connectivity index (χ0n) is 11.9. The van der Waals surface area contributed by atoms with Crippen molar-refractivity contribution < 1.29 is 4.39 Å². The second-order valence-electron chi connectivity index (χ2n) is 4.89. The third kappa shape index (κ3) is 3.84. The molecule has 1 aromatic carbocycles. The van der Waals surface area contributed by atoms with Crippen molar-refractivity contribution in [3.63, 3.8) is 0 Å². The summed E-state index contributed by atoms with van der Waals surface area (Å²) in [6, 6.07) is 6.78. The second kappa shape index (κ2) is 7.10. The number of hydrogen-bond acceptors (Lipinski definition) is 3. The van der Waals surface area contributed by atoms with E-state index >= 15 is 0 Å². The van der Waals surface area contributed by atoms with Gasteiger partial charge in [0, 0.05) is 12.4 Å². The van der Waals surface area contributed by atoms with Crippen molar-refractivity contribution >= 4 is 0 Å². The molecule has 106 valence electrons. The molecule has 0 radical (unpaired) electrons. The smallest absolute Gasteiger partial charge is 0.145 e. The highest BCUT2D eigenvalue weighted by Gasteiger charge is 2.15. The molecule has 1 heterocycles. The first kappa shape index (κ1) is 14.6. The van der Waals surface area contributed by atoms with Crippen LogP contribution in [0.25, 0.3) is 0 Å². The summed E-state index contributed by atoms with van der Waals surface area (Å²) in [7, 11) is 0. The van der Waals surface area contributed by atoms with Crippen LogP contribution in [0.2, 0.25) is 0 Å². The van der Waals surface area contributed by atoms with Crippen molar-refractivity contribution in [2.45, 2.75) is 32.7 Å². The Morgan fingerprint density at radius 3 is 2.65 bits per heavy atom. The maximum Gasteiger partial charge on any atom is 0.145 e. The van der Waals surface area contributed by atoms with Crippen LogP contribution in [0.4, 0.5) is 4.39 Å². The number of benzene rings is 1. The van der Waals surface area contributed by atoms with E-state index in [1.165, 1.54) is 6.07 Å². The molecule has 0 aliphatic heterocycles. The van der Waals surface area contributed by atoms with Crippen LogP contribution < -0.4 is 5.32 Å². The third-order valence-electron chi connectivity index (χ3n) is 3.27. The van der Waals surface area contributed by atoms with E-state index in [1.807, 2.05) is 19.1 Å². The predicted molar refractivity (Wildman–Crippen MR) is 77.9 cm³/mol. The Hall–Kier alpha value is -1.81. The maximum absolute atomic E-state index is 13.2. The Morgan fingerprint density at radius 1 is 1.25 bits per heavy atom. The van der Waals surface area contributed by atoms with E-state index in [2.05, 4.69) is 22.2 Å². The molecular formula is C16H20FN3. The Bertz CT molecular complexity index is 543. The lowest BCUT2D eigenvalue weighted by Crippen LogP contribution is -2.26. The largest absolute Gasteiger partial charge is 0.307 e. The Labute approximate surface area is 119 Å². The average Bonchev–Trinajstić information content (AvgIpc) is 2.46. The summed E-state index contributed by atoms with van der Waals surface area (Å²) < 4.78 is 13.2. The maximum atomic E-state index is 13.2. The molecule has 1 atom stereocenters. The van der Waals surface area contributed by atoms with Crippen LogP contribution in [-0.2, 0) is 6.42 Å². The van der Waals surface area contributed by atoms with Gasteiger partial charge in [-0.2, -0.15) is 0 Å². The first-order chi connectivity index (χ1) is 9.70. The van der Waals surface area contributed by atoms with Crippen molar-refractivity contribution in [3.8, 4) is 0 Å². The van der Waals surface area contributed by atoms with Gasteiger partial charge in [0.15, 0.2) is 0 Å². The standard InChI is InChI=1S/C16H20FN3/c1-3-7-18-15(16-19-8-4-9-20-16)11-13-5-6-14(17)10-12(13)2/h4-6,8-10,15,18H,3,7,11H2,1-2H3. The zero-order valence-corrected chi connectivity index (χ0v) is 11.9. The van der Waals surface area contributed by atoms with Crippen LogP contribution in [0.3, 0.4) is 0 Å². The van der Waals surface area contributed by atoms with Gasteiger partial charge in [0.1, 0.15) is 11.6 Å². The molecule has 0 fully saturated rings. The normalized spacial score (nSPS) is 12.3. The van der Waals surface area contributed by atoms with Crippen molar-refractivity contribution in [2.24, 2.45) is 0 Å². The van der Waals surface area contributed by atoms with E-state index < -0.39 is 0 Å². The number of nitrogens with zero attached hydrogens (tertiary/aromatic N) is 2. The molecule has 0 aliphatic rings. The number of hydrogen-bond donors (Lipinski definition) is 1. The fourth-order valence-corrected chi connectivity index (χ4v) is 2.17. The molecule has 4 heteroatoms. The number of nitrogens with one attached hydrogen (secondary N) is 1. The molecule has 20 heavy (non-hydrogen) atoms. The van der Waals surface area contributed by atoms with Gasteiger partial charge in [0.2, 0.25) is 0 Å². The van der Waals surface area contributed by atoms with Crippen LogP contribution in [0.15, 0.2) is 36.7 Å². The summed E-state index contributed by atoms with van der Waals surface area (Å²) in [4.78, 5) is 8.66. The predicted octanol–water partition coefficient (Wildman–Crippen LogP) is 3.21. The molecule has 0 saturated heterocycles. The fourth-order valence-electron chi connectivity index (χ4n) is 2.17. The van der Waals surface area contributed by atoms with Gasteiger partial charge < -0.3 is 5.32 Å². The molecule has 0 aliphatic carbocycles. The third-order valence-corrected chi connectivity index (χ3v) is 3.27. The summed E-state index contributed by atoms with van der Waals surface area (Å²) in [5.74, 6) is 0.588. The van der Waals surface area contributed by atoms with Gasteiger partial charge in [0.25, 0.3) is 0 Å². The van der Waals surface area contributed by atoms with Crippen LogP contribution in [0, 0.1) is 12.7 Å². The SMILES string of the molecule is CCCNC(Cc1ccc(F)cc1C)c1ncccn1. The van der Waals surface area contributed by atoms with Crippen molar-refractivity contribution in [2.75, 3.05) is 6.54 Å². The lowest BCUT2D eigenvalue weighted by molar-refractivity contribution is 0.503. The van der Waals surface area contributed by atoms with Gasteiger partial charge >= 0.3 is 0 Å². The monoisotopic (exact) mass is 273 g/mol. The minimum Gasteiger partial charge on any atom is -0.307 e. The molecule has 3 nitrogen and oxygen atoms in total. The van der Waals surface area contributed by atoms with Crippen LogP contribution in [-0.4, -0.2) is 16.5 Å². The molecule has 1 N–H and O–H groups in total. The Balaban J connectivity index is 2.19. The van der Waals surface area contributed by atoms with E-state index in [0.29, 0.717) is 0 Å². The molecule has 0 bridgehead atoms. The quantitative estimate of drug-likeness (QED) is 0.878. The highest BCUT2D eigenvalue weighted by molar-refractivity contribution is 5.28. The van der Waals surface area contributed by atoms with Gasteiger partial charge in [-0.3, -0.25) is 0 Å². The van der Waals surface area contributed by atoms with Crippen LogP contribution in [0.1, 0.15) is 36.3 Å². The molecule has 1 unspecified atom stereocenters. The average molecular weight is 273 g/mol. The summed E-state index contributed by atoms with van der Waals surface area (Å²) in [5, 5.41) is 3.46. The van der Waals surface area contributed by atoms with Crippen LogP contribution in [0.5, 0.6) is 0 Å². The second-order valence-corrected chi connectivity index (χ2v) is 4.89. The zero-order chi connectivity index (χ0) is 14.4. The van der Waals surface area contributed by atoms with E-state index in [0.717, 1.165) is 36.3 Å². The summed E-state index contributed by atoms with van der Waals surface area (Å²) in [6.07, 6.45) is 5.31. The van der Waals surface area contributed by atoms with Gasteiger partial charge in [-0.1, -0.05) is 13.0 Å². The molecule has 2 aromatic rings. The molecule has 0 amide bonds. The number of aryl methyl sites for hydroxylation is 1. The van der Waals surface area contributed by atoms with E-state index in [9.17, 15) is 4.39 Å². The molecule has 1 aromatic heterocycles. The molecule has 0 saturated carbocycles. The minimum absolute atomic E-state index is 0.0558. The number of halogens is 1. The summed E-state index contributed by atoms with van der Waals surface area (Å²) >= 11 is 0. The minimum atomic E-state index is -0.194. The van der Waals surface area contributed by atoms with Crippen LogP contribution >= 0.6 is 0 Å². The van der Waals surface area contributed by atoms with Crippen molar-refractivity contribution in [1.29, 1.82) is 0 Å². The number of rotatable bonds is 6. The highest BCUT2D eigenvalue weighted by Crippen LogP contribution is 2.18. The Kier molecular flexibility index (Phi) is 5.18. The highest BCUT2D eigenvalue weighted by atomic mass is 19.1. The van der Waals surface area contributed by atoms with E-state index in [4.69, 9.17) is 0 Å². The molecule has 2 rings (SSSR count). The molecular weight excluding hydrogens is 253 g/mol. The van der Waals surface area contributed by atoms with Gasteiger partial charge in [-0.05, 0) is 55.6 Å². The van der Waals surface area contributed by atoms with E-state index in [1.54, 1.807) is 18.5 Å². The first-order valence-electron chi connectivity index (χ1n) is 6.96. The molecule has 0 spiro atoms. The van der Waals surface area contributed by atoms with E-state index in [-0.39, 0.29) is 11.9 Å². The van der Waals surface area contributed by atoms with Gasteiger partial charge in [-0.15, -0.1) is 0 Å². The first-order valence-corrected chi connectivity index (χ1v) is 6.96. The topological polar surface area (TPSA) is 37.8 Å². The number of aromatic nitrogens is 2. The van der Waals surface area contributed by atoms with Crippen molar-refractivity contribution in [1.82, 2.24) is 15.3 Å². The van der Waals surface area contributed by atoms with Gasteiger partial charge in [0.05, 0.1) is 6.04 Å². The summed E-state index contributed by atoms with van der Waals surface area (Å²) in [5.41, 5.74) is 2.08. The van der Waals surface area contributed by atoms with Gasteiger partial charge in [-0.25, -0.2) is 14.4 Å².